The number of piperidine rings is 1. The van der Waals surface area contributed by atoms with Crippen LogP contribution in [0.1, 0.15) is 51.4 Å². The Labute approximate surface area is 102 Å². The van der Waals surface area contributed by atoms with Crippen molar-refractivity contribution < 1.29 is 4.79 Å². The van der Waals surface area contributed by atoms with Gasteiger partial charge < -0.3 is 4.90 Å². The van der Waals surface area contributed by atoms with E-state index >= 15 is 0 Å². The molecule has 2 heterocycles. The van der Waals surface area contributed by atoms with Gasteiger partial charge in [0, 0.05) is 18.0 Å². The van der Waals surface area contributed by atoms with Gasteiger partial charge >= 0.3 is 0 Å². The van der Waals surface area contributed by atoms with Crippen LogP contribution in [-0.4, -0.2) is 16.8 Å². The van der Waals surface area contributed by atoms with Crippen molar-refractivity contribution in [2.75, 3.05) is 0 Å². The van der Waals surface area contributed by atoms with Crippen molar-refractivity contribution in [2.45, 2.75) is 57.4 Å². The largest absolute Gasteiger partial charge is 0.308 e. The maximum absolute atomic E-state index is 12.2. The van der Waals surface area contributed by atoms with Crippen LogP contribution in [0.5, 0.6) is 0 Å². The Bertz CT molecular complexity index is 446. The Hall–Kier alpha value is -1.05. The highest BCUT2D eigenvalue weighted by Crippen LogP contribution is 2.50. The quantitative estimate of drug-likeness (QED) is 0.625. The van der Waals surface area contributed by atoms with E-state index in [9.17, 15) is 4.79 Å². The highest BCUT2D eigenvalue weighted by Gasteiger charge is 2.46. The number of carbonyl (C=O) groups is 1. The fourth-order valence-electron chi connectivity index (χ4n) is 4.30. The standard InChI is InChI=1S/C15H19NO/c17-14-9-8-10-4-3-6-12-11-5-1-2-7-13(11)16(14)15(10)12/h5,10,13H,1-4,6-9H2. The molecule has 2 aliphatic carbocycles. The molecule has 0 aromatic heterocycles. The van der Waals surface area contributed by atoms with Crippen molar-refractivity contribution in [3.05, 3.63) is 22.9 Å². The van der Waals surface area contributed by atoms with Crippen molar-refractivity contribution in [1.29, 1.82) is 0 Å². The van der Waals surface area contributed by atoms with E-state index < -0.39 is 0 Å². The summed E-state index contributed by atoms with van der Waals surface area (Å²) in [7, 11) is 0. The molecule has 0 aromatic rings. The van der Waals surface area contributed by atoms with Gasteiger partial charge in [-0.25, -0.2) is 0 Å². The van der Waals surface area contributed by atoms with Gasteiger partial charge in [-0.1, -0.05) is 6.08 Å². The molecule has 0 bridgehead atoms. The molecule has 4 aliphatic rings. The summed E-state index contributed by atoms with van der Waals surface area (Å²) >= 11 is 0. The number of amides is 1. The number of allylic oxidation sites excluding steroid dienone is 2. The van der Waals surface area contributed by atoms with Gasteiger partial charge in [0.2, 0.25) is 5.91 Å². The zero-order valence-corrected chi connectivity index (χ0v) is 10.2. The van der Waals surface area contributed by atoms with Gasteiger partial charge in [0.25, 0.3) is 0 Å². The maximum Gasteiger partial charge on any atom is 0.227 e. The Kier molecular flexibility index (Phi) is 2.03. The molecule has 1 amide bonds. The number of nitrogens with zero attached hydrogens (tertiary/aromatic N) is 1. The molecule has 0 aromatic carbocycles. The van der Waals surface area contributed by atoms with Crippen LogP contribution >= 0.6 is 0 Å². The molecule has 2 aliphatic heterocycles. The molecule has 0 saturated carbocycles. The minimum absolute atomic E-state index is 0.394. The molecule has 0 N–H and O–H groups in total. The summed E-state index contributed by atoms with van der Waals surface area (Å²) in [5.41, 5.74) is 4.55. The zero-order valence-electron chi connectivity index (χ0n) is 10.2. The fraction of sp³-hybridized carbons (Fsp3) is 0.667. The number of hydrogen-bond acceptors (Lipinski definition) is 1. The number of hydrogen-bond donors (Lipinski definition) is 0. The topological polar surface area (TPSA) is 20.3 Å². The van der Waals surface area contributed by atoms with Crippen LogP contribution in [0.3, 0.4) is 0 Å². The summed E-state index contributed by atoms with van der Waals surface area (Å²) in [5.74, 6) is 1.09. The minimum Gasteiger partial charge on any atom is -0.308 e. The molecule has 17 heavy (non-hydrogen) atoms. The molecule has 2 heteroatoms. The van der Waals surface area contributed by atoms with Gasteiger partial charge in [-0.15, -0.1) is 0 Å². The van der Waals surface area contributed by atoms with Crippen molar-refractivity contribution in [2.24, 2.45) is 5.92 Å². The van der Waals surface area contributed by atoms with Gasteiger partial charge in [0.05, 0.1) is 6.04 Å². The molecule has 2 unspecified atom stereocenters. The first-order valence-electron chi connectivity index (χ1n) is 7.12. The molecular formula is C15H19NO. The third-order valence-corrected chi connectivity index (χ3v) is 4.98. The highest BCUT2D eigenvalue weighted by atomic mass is 16.2. The maximum atomic E-state index is 12.2. The lowest BCUT2D eigenvalue weighted by atomic mass is 9.81. The van der Waals surface area contributed by atoms with Crippen LogP contribution in [0.2, 0.25) is 0 Å². The highest BCUT2D eigenvalue weighted by molar-refractivity contribution is 5.82. The van der Waals surface area contributed by atoms with Crippen LogP contribution < -0.4 is 0 Å². The summed E-state index contributed by atoms with van der Waals surface area (Å²) in [5, 5.41) is 0. The smallest absolute Gasteiger partial charge is 0.227 e. The molecule has 0 radical (unpaired) electrons. The van der Waals surface area contributed by atoms with Crippen molar-refractivity contribution in [1.82, 2.24) is 4.90 Å². The predicted octanol–water partition coefficient (Wildman–Crippen LogP) is 3.16. The monoisotopic (exact) mass is 229 g/mol. The van der Waals surface area contributed by atoms with E-state index in [0.717, 1.165) is 12.8 Å². The summed E-state index contributed by atoms with van der Waals surface area (Å²) in [6.45, 7) is 0. The third-order valence-electron chi connectivity index (χ3n) is 4.98. The second-order valence-electron chi connectivity index (χ2n) is 5.86. The third kappa shape index (κ3) is 1.24. The van der Waals surface area contributed by atoms with Gasteiger partial charge in [-0.3, -0.25) is 4.79 Å². The second kappa shape index (κ2) is 3.47. The van der Waals surface area contributed by atoms with Gasteiger partial charge in [-0.05, 0) is 56.1 Å². The summed E-state index contributed by atoms with van der Waals surface area (Å²) in [6.07, 6.45) is 11.8. The Balaban J connectivity index is 1.87. The first kappa shape index (κ1) is 9.93. The fourth-order valence-corrected chi connectivity index (χ4v) is 4.30. The van der Waals surface area contributed by atoms with Gasteiger partial charge in [-0.2, -0.15) is 0 Å². The molecule has 1 saturated heterocycles. The molecule has 0 spiro atoms. The summed E-state index contributed by atoms with van der Waals surface area (Å²) in [6, 6.07) is 0.433. The average molecular weight is 229 g/mol. The van der Waals surface area contributed by atoms with E-state index in [1.54, 1.807) is 5.57 Å². The minimum atomic E-state index is 0.394. The Morgan fingerprint density at radius 1 is 1.12 bits per heavy atom. The molecular weight excluding hydrogens is 210 g/mol. The Morgan fingerprint density at radius 2 is 2.06 bits per heavy atom. The van der Waals surface area contributed by atoms with Crippen LogP contribution in [0.25, 0.3) is 0 Å². The van der Waals surface area contributed by atoms with Crippen molar-refractivity contribution >= 4 is 5.91 Å². The molecule has 1 fully saturated rings. The summed E-state index contributed by atoms with van der Waals surface area (Å²) in [4.78, 5) is 14.4. The van der Waals surface area contributed by atoms with Crippen LogP contribution in [0, 0.1) is 5.92 Å². The Morgan fingerprint density at radius 3 is 3.00 bits per heavy atom. The van der Waals surface area contributed by atoms with E-state index in [4.69, 9.17) is 0 Å². The second-order valence-corrected chi connectivity index (χ2v) is 5.86. The van der Waals surface area contributed by atoms with E-state index in [1.165, 1.54) is 49.8 Å². The zero-order chi connectivity index (χ0) is 11.4. The first-order valence-corrected chi connectivity index (χ1v) is 7.12. The SMILES string of the molecule is O=C1CCC2CCCC3=C2N1C1CCCC=C31. The summed E-state index contributed by atoms with van der Waals surface area (Å²) < 4.78 is 0. The van der Waals surface area contributed by atoms with E-state index in [1.807, 2.05) is 0 Å². The van der Waals surface area contributed by atoms with Gasteiger partial charge in [0.1, 0.15) is 0 Å². The van der Waals surface area contributed by atoms with E-state index in [0.29, 0.717) is 17.9 Å². The predicted molar refractivity (Wildman–Crippen MR) is 66.2 cm³/mol. The van der Waals surface area contributed by atoms with Crippen molar-refractivity contribution in [3.63, 3.8) is 0 Å². The lowest BCUT2D eigenvalue weighted by Gasteiger charge is -2.37. The van der Waals surface area contributed by atoms with Crippen LogP contribution in [0.4, 0.5) is 0 Å². The van der Waals surface area contributed by atoms with E-state index in [-0.39, 0.29) is 0 Å². The normalized spacial score (nSPS) is 35.6. The lowest BCUT2D eigenvalue weighted by Crippen LogP contribution is -2.42. The van der Waals surface area contributed by atoms with E-state index in [2.05, 4.69) is 11.0 Å². The van der Waals surface area contributed by atoms with Gasteiger partial charge in [0.15, 0.2) is 0 Å². The number of carbonyl (C=O) groups excluding carboxylic acids is 1. The number of fused-ring (bicyclic) bond motifs is 3. The molecule has 4 rings (SSSR count). The lowest BCUT2D eigenvalue weighted by molar-refractivity contribution is -0.133. The van der Waals surface area contributed by atoms with Crippen molar-refractivity contribution in [3.8, 4) is 0 Å². The molecule has 90 valence electrons. The first-order chi connectivity index (χ1) is 8.36. The van der Waals surface area contributed by atoms with Crippen LogP contribution in [-0.2, 0) is 4.79 Å². The molecule has 2 atom stereocenters. The number of rotatable bonds is 0. The molecule has 2 nitrogen and oxygen atoms in total. The van der Waals surface area contributed by atoms with Crippen LogP contribution in [0.15, 0.2) is 22.9 Å². The average Bonchev–Trinajstić information content (AvgIpc) is 2.71.